The molecule has 0 atom stereocenters. The first-order valence-electron chi connectivity index (χ1n) is 7.28. The number of pyridine rings is 1. The molecule has 0 aliphatic heterocycles. The lowest BCUT2D eigenvalue weighted by molar-refractivity contribution is 0.0952. The molecule has 0 bridgehead atoms. The summed E-state index contributed by atoms with van der Waals surface area (Å²) < 4.78 is 1.96. The lowest BCUT2D eigenvalue weighted by Crippen LogP contribution is -2.28. The summed E-state index contributed by atoms with van der Waals surface area (Å²) in [6.45, 7) is 5.31. The van der Waals surface area contributed by atoms with Gasteiger partial charge in [0.15, 0.2) is 0 Å². The van der Waals surface area contributed by atoms with Gasteiger partial charge in [0.2, 0.25) is 0 Å². The maximum atomic E-state index is 12.2. The molecule has 0 unspecified atom stereocenters. The molecule has 0 aliphatic carbocycles. The highest BCUT2D eigenvalue weighted by atomic mass is 16.1. The summed E-state index contributed by atoms with van der Waals surface area (Å²) in [5.74, 6) is 1.88. The molecule has 0 aliphatic rings. The van der Waals surface area contributed by atoms with Crippen LogP contribution >= 0.6 is 0 Å². The molecule has 1 N–H and O–H groups in total. The second-order valence-electron chi connectivity index (χ2n) is 5.59. The van der Waals surface area contributed by atoms with Crippen LogP contribution in [0.1, 0.15) is 35.9 Å². The summed E-state index contributed by atoms with van der Waals surface area (Å²) in [5.41, 5.74) is 0.603. The van der Waals surface area contributed by atoms with Crippen molar-refractivity contribution in [2.24, 2.45) is 0 Å². The van der Waals surface area contributed by atoms with Gasteiger partial charge < -0.3 is 14.8 Å². The molecule has 0 radical (unpaired) electrons. The molecule has 0 aromatic carbocycles. The van der Waals surface area contributed by atoms with Crippen molar-refractivity contribution in [3.8, 4) is 0 Å². The van der Waals surface area contributed by atoms with Crippen molar-refractivity contribution >= 4 is 11.7 Å². The molecular weight excluding hydrogens is 280 g/mol. The van der Waals surface area contributed by atoms with Crippen LogP contribution in [0.15, 0.2) is 24.7 Å². The Morgan fingerprint density at radius 2 is 2.18 bits per heavy atom. The van der Waals surface area contributed by atoms with E-state index in [1.165, 1.54) is 0 Å². The van der Waals surface area contributed by atoms with Crippen LogP contribution in [-0.4, -0.2) is 46.3 Å². The number of anilines is 1. The van der Waals surface area contributed by atoms with E-state index in [1.54, 1.807) is 24.7 Å². The van der Waals surface area contributed by atoms with E-state index >= 15 is 0 Å². The molecule has 0 saturated carbocycles. The van der Waals surface area contributed by atoms with Crippen molar-refractivity contribution in [1.29, 1.82) is 0 Å². The van der Waals surface area contributed by atoms with Crippen LogP contribution < -0.4 is 10.2 Å². The van der Waals surface area contributed by atoms with Gasteiger partial charge in [-0.3, -0.25) is 4.79 Å². The second kappa shape index (κ2) is 7.02. The quantitative estimate of drug-likeness (QED) is 0.870. The number of hydrogen-bond acceptors (Lipinski definition) is 5. The summed E-state index contributed by atoms with van der Waals surface area (Å²) in [7, 11) is 3.78. The first-order valence-corrected chi connectivity index (χ1v) is 7.28. The van der Waals surface area contributed by atoms with Gasteiger partial charge >= 0.3 is 0 Å². The maximum absolute atomic E-state index is 12.2. The van der Waals surface area contributed by atoms with Gasteiger partial charge in [-0.15, -0.1) is 10.2 Å². The first-order chi connectivity index (χ1) is 10.5. The highest BCUT2D eigenvalue weighted by Gasteiger charge is 2.10. The van der Waals surface area contributed by atoms with Crippen molar-refractivity contribution < 1.29 is 4.79 Å². The van der Waals surface area contributed by atoms with Gasteiger partial charge in [0.05, 0.1) is 0 Å². The zero-order valence-electron chi connectivity index (χ0n) is 13.4. The SMILES string of the molecule is CC(C)c1nncn1CCNC(=O)c1ccnc(N(C)C)c1. The Hall–Kier alpha value is -2.44. The lowest BCUT2D eigenvalue weighted by atomic mass is 10.2. The summed E-state index contributed by atoms with van der Waals surface area (Å²) in [6, 6.07) is 3.48. The average molecular weight is 302 g/mol. The number of nitrogens with one attached hydrogen (secondary N) is 1. The van der Waals surface area contributed by atoms with Gasteiger partial charge in [-0.25, -0.2) is 4.98 Å². The topological polar surface area (TPSA) is 75.9 Å². The fraction of sp³-hybridized carbons (Fsp3) is 0.467. The zero-order valence-corrected chi connectivity index (χ0v) is 13.4. The van der Waals surface area contributed by atoms with Gasteiger partial charge in [0, 0.05) is 44.9 Å². The highest BCUT2D eigenvalue weighted by Crippen LogP contribution is 2.10. The van der Waals surface area contributed by atoms with E-state index in [4.69, 9.17) is 0 Å². The third kappa shape index (κ3) is 3.81. The Morgan fingerprint density at radius 3 is 2.86 bits per heavy atom. The van der Waals surface area contributed by atoms with E-state index < -0.39 is 0 Å². The summed E-state index contributed by atoms with van der Waals surface area (Å²) in [5, 5.41) is 10.9. The molecule has 7 nitrogen and oxygen atoms in total. The predicted molar refractivity (Wildman–Crippen MR) is 85.0 cm³/mol. The molecule has 2 heterocycles. The molecule has 22 heavy (non-hydrogen) atoms. The van der Waals surface area contributed by atoms with Gasteiger partial charge in [-0.1, -0.05) is 13.8 Å². The van der Waals surface area contributed by atoms with E-state index in [9.17, 15) is 4.79 Å². The average Bonchev–Trinajstić information content (AvgIpc) is 2.96. The largest absolute Gasteiger partial charge is 0.363 e. The number of carbonyl (C=O) groups is 1. The number of amides is 1. The Labute approximate surface area is 130 Å². The third-order valence-corrected chi connectivity index (χ3v) is 3.27. The standard InChI is InChI=1S/C15H22N6O/c1-11(2)14-19-18-10-21(14)8-7-17-15(22)12-5-6-16-13(9-12)20(3)4/h5-6,9-11H,7-8H2,1-4H3,(H,17,22). The minimum Gasteiger partial charge on any atom is -0.363 e. The Morgan fingerprint density at radius 1 is 1.41 bits per heavy atom. The van der Waals surface area contributed by atoms with Crippen LogP contribution in [0.4, 0.5) is 5.82 Å². The Bertz CT molecular complexity index is 634. The molecule has 7 heteroatoms. The highest BCUT2D eigenvalue weighted by molar-refractivity contribution is 5.94. The Kier molecular flexibility index (Phi) is 5.08. The molecule has 0 saturated heterocycles. The predicted octanol–water partition coefficient (Wildman–Crippen LogP) is 1.29. The normalized spacial score (nSPS) is 10.8. The van der Waals surface area contributed by atoms with Crippen LogP contribution in [-0.2, 0) is 6.54 Å². The van der Waals surface area contributed by atoms with E-state index in [2.05, 4.69) is 34.3 Å². The van der Waals surface area contributed by atoms with Crippen molar-refractivity contribution in [1.82, 2.24) is 25.1 Å². The molecule has 2 aromatic heterocycles. The van der Waals surface area contributed by atoms with Crippen molar-refractivity contribution in [2.45, 2.75) is 26.3 Å². The summed E-state index contributed by atoms with van der Waals surface area (Å²) >= 11 is 0. The summed E-state index contributed by atoms with van der Waals surface area (Å²) in [6.07, 6.45) is 3.33. The fourth-order valence-corrected chi connectivity index (χ4v) is 2.08. The first kappa shape index (κ1) is 15.9. The molecule has 2 aromatic rings. The van der Waals surface area contributed by atoms with E-state index in [1.807, 2.05) is 23.6 Å². The number of nitrogens with zero attached hydrogens (tertiary/aromatic N) is 5. The van der Waals surface area contributed by atoms with Crippen LogP contribution in [0.3, 0.4) is 0 Å². The second-order valence-corrected chi connectivity index (χ2v) is 5.59. The fourth-order valence-electron chi connectivity index (χ4n) is 2.08. The Balaban J connectivity index is 1.93. The molecule has 0 spiro atoms. The number of aromatic nitrogens is 4. The monoisotopic (exact) mass is 302 g/mol. The molecule has 0 fully saturated rings. The smallest absolute Gasteiger partial charge is 0.251 e. The van der Waals surface area contributed by atoms with Crippen LogP contribution in [0.5, 0.6) is 0 Å². The zero-order chi connectivity index (χ0) is 16.1. The van der Waals surface area contributed by atoms with Crippen molar-refractivity contribution in [3.05, 3.63) is 36.0 Å². The van der Waals surface area contributed by atoms with Gasteiger partial charge in [-0.2, -0.15) is 0 Å². The molecule has 118 valence electrons. The van der Waals surface area contributed by atoms with Gasteiger partial charge in [-0.05, 0) is 12.1 Å². The van der Waals surface area contributed by atoms with Crippen molar-refractivity contribution in [2.75, 3.05) is 25.5 Å². The minimum absolute atomic E-state index is 0.107. The van der Waals surface area contributed by atoms with E-state index in [0.29, 0.717) is 24.6 Å². The van der Waals surface area contributed by atoms with Crippen molar-refractivity contribution in [3.63, 3.8) is 0 Å². The minimum atomic E-state index is -0.107. The third-order valence-electron chi connectivity index (χ3n) is 3.27. The van der Waals surface area contributed by atoms with Crippen LogP contribution in [0, 0.1) is 0 Å². The number of carbonyl (C=O) groups excluding carboxylic acids is 1. The van der Waals surface area contributed by atoms with Gasteiger partial charge in [0.25, 0.3) is 5.91 Å². The van der Waals surface area contributed by atoms with Crippen LogP contribution in [0.25, 0.3) is 0 Å². The lowest BCUT2D eigenvalue weighted by Gasteiger charge is -2.13. The molecular formula is C15H22N6O. The molecule has 1 amide bonds. The number of rotatable bonds is 6. The van der Waals surface area contributed by atoms with E-state index in [0.717, 1.165) is 11.6 Å². The summed E-state index contributed by atoms with van der Waals surface area (Å²) in [4.78, 5) is 18.2. The number of hydrogen-bond donors (Lipinski definition) is 1. The van der Waals surface area contributed by atoms with Crippen LogP contribution in [0.2, 0.25) is 0 Å². The van der Waals surface area contributed by atoms with Gasteiger partial charge in [0.1, 0.15) is 18.0 Å². The van der Waals surface area contributed by atoms with E-state index in [-0.39, 0.29) is 5.91 Å². The maximum Gasteiger partial charge on any atom is 0.251 e. The molecule has 2 rings (SSSR count).